The normalized spacial score (nSPS) is 20.5. The van der Waals surface area contributed by atoms with Crippen molar-refractivity contribution in [2.24, 2.45) is 0 Å². The number of amides is 1. The Balaban J connectivity index is 1.71. The fourth-order valence-electron chi connectivity index (χ4n) is 4.77. The Labute approximate surface area is 188 Å². The van der Waals surface area contributed by atoms with Gasteiger partial charge in [-0.15, -0.1) is 0 Å². The number of benzene rings is 2. The summed E-state index contributed by atoms with van der Waals surface area (Å²) in [5.41, 5.74) is 5.24. The molecule has 2 aromatic carbocycles. The molecule has 170 valence electrons. The van der Waals surface area contributed by atoms with E-state index in [0.29, 0.717) is 24.9 Å². The summed E-state index contributed by atoms with van der Waals surface area (Å²) in [7, 11) is -3.54. The van der Waals surface area contributed by atoms with E-state index in [1.54, 1.807) is 5.48 Å². The first kappa shape index (κ1) is 22.5. The van der Waals surface area contributed by atoms with Gasteiger partial charge in [-0.05, 0) is 36.1 Å². The van der Waals surface area contributed by atoms with Gasteiger partial charge in [-0.1, -0.05) is 56.7 Å². The molecule has 32 heavy (non-hydrogen) atoms. The molecular formula is C24H29N3O4S. The minimum absolute atomic E-state index is 0.0479. The fourth-order valence-corrected chi connectivity index (χ4v) is 7.05. The number of hydroxylamine groups is 1. The number of imidazole rings is 1. The molecule has 1 saturated heterocycles. The molecule has 1 aliphatic rings. The Morgan fingerprint density at radius 2 is 1.88 bits per heavy atom. The molecule has 2 N–H and O–H groups in total. The van der Waals surface area contributed by atoms with Crippen LogP contribution in [0.2, 0.25) is 0 Å². The second-order valence-corrected chi connectivity index (χ2v) is 11.3. The van der Waals surface area contributed by atoms with Crippen LogP contribution >= 0.6 is 0 Å². The summed E-state index contributed by atoms with van der Waals surface area (Å²) in [6.07, 6.45) is 1.40. The van der Waals surface area contributed by atoms with Crippen molar-refractivity contribution in [3.8, 4) is 0 Å². The molecule has 0 spiro atoms. The smallest absolute Gasteiger partial charge is 0.245 e. The second kappa shape index (κ2) is 8.67. The van der Waals surface area contributed by atoms with E-state index in [4.69, 9.17) is 10.2 Å². The summed E-state index contributed by atoms with van der Waals surface area (Å²) in [5, 5.41) is 9.04. The van der Waals surface area contributed by atoms with Crippen molar-refractivity contribution in [1.29, 1.82) is 0 Å². The molecule has 0 radical (unpaired) electrons. The van der Waals surface area contributed by atoms with Crippen molar-refractivity contribution in [2.45, 2.75) is 56.7 Å². The van der Waals surface area contributed by atoms with Gasteiger partial charge in [0.25, 0.3) is 0 Å². The third kappa shape index (κ3) is 3.93. The van der Waals surface area contributed by atoms with Crippen LogP contribution in [-0.2, 0) is 25.9 Å². The zero-order valence-corrected chi connectivity index (χ0v) is 19.2. The van der Waals surface area contributed by atoms with Crippen LogP contribution in [0.5, 0.6) is 0 Å². The van der Waals surface area contributed by atoms with Gasteiger partial charge in [-0.25, -0.2) is 18.9 Å². The molecule has 0 saturated carbocycles. The van der Waals surface area contributed by atoms with E-state index < -0.39 is 20.5 Å². The third-order valence-corrected chi connectivity index (χ3v) is 9.03. The zero-order valence-electron chi connectivity index (χ0n) is 18.4. The first-order valence-corrected chi connectivity index (χ1v) is 12.6. The molecule has 3 aromatic rings. The standard InChI is InChI=1S/C24H29N3O4S/c1-17(2)23-25-20-7-3-4-8-21(20)27(23)16-18-9-11-19(12-10-18)24(15-22(28)26-29)13-5-6-14-32(24,30)31/h3-4,7-12,17,29H,5-6,13-16H2,1-2H3,(H,26,28). The minimum Gasteiger partial charge on any atom is -0.323 e. The van der Waals surface area contributed by atoms with Crippen LogP contribution in [-0.4, -0.2) is 34.8 Å². The van der Waals surface area contributed by atoms with Gasteiger partial charge in [0.1, 0.15) is 10.6 Å². The molecule has 2 heterocycles. The average Bonchev–Trinajstić information content (AvgIpc) is 3.14. The molecule has 4 rings (SSSR count). The van der Waals surface area contributed by atoms with Gasteiger partial charge < -0.3 is 4.57 Å². The number of nitrogens with zero attached hydrogens (tertiary/aromatic N) is 2. The van der Waals surface area contributed by atoms with Crippen LogP contribution in [0.25, 0.3) is 11.0 Å². The molecule has 0 bridgehead atoms. The largest absolute Gasteiger partial charge is 0.323 e. The maximum absolute atomic E-state index is 13.1. The Bertz CT molecular complexity index is 1230. The van der Waals surface area contributed by atoms with Gasteiger partial charge in [0, 0.05) is 12.5 Å². The van der Waals surface area contributed by atoms with Gasteiger partial charge in [-0.2, -0.15) is 0 Å². The number of carbonyl (C=O) groups is 1. The zero-order chi connectivity index (χ0) is 22.9. The molecule has 7 nitrogen and oxygen atoms in total. The summed E-state index contributed by atoms with van der Waals surface area (Å²) in [4.78, 5) is 16.8. The van der Waals surface area contributed by atoms with E-state index in [-0.39, 0.29) is 18.1 Å². The molecule has 1 atom stereocenters. The van der Waals surface area contributed by atoms with Gasteiger partial charge in [0.05, 0.1) is 23.2 Å². The van der Waals surface area contributed by atoms with E-state index in [1.165, 1.54) is 0 Å². The number of nitrogens with one attached hydrogen (secondary N) is 1. The van der Waals surface area contributed by atoms with Crippen LogP contribution in [0.4, 0.5) is 0 Å². The number of para-hydroxylation sites is 2. The van der Waals surface area contributed by atoms with Crippen molar-refractivity contribution in [1.82, 2.24) is 15.0 Å². The lowest BCUT2D eigenvalue weighted by atomic mass is 9.88. The summed E-state index contributed by atoms with van der Waals surface area (Å²) in [6.45, 7) is 4.85. The van der Waals surface area contributed by atoms with Crippen LogP contribution in [0, 0.1) is 0 Å². The highest BCUT2D eigenvalue weighted by atomic mass is 32.2. The quantitative estimate of drug-likeness (QED) is 0.434. The van der Waals surface area contributed by atoms with Crippen molar-refractivity contribution in [2.75, 3.05) is 5.75 Å². The first-order valence-electron chi connectivity index (χ1n) is 11.0. The molecule has 8 heteroatoms. The van der Waals surface area contributed by atoms with Crippen LogP contribution in [0.15, 0.2) is 48.5 Å². The van der Waals surface area contributed by atoms with Crippen molar-refractivity contribution in [3.63, 3.8) is 0 Å². The predicted octanol–water partition coefficient (Wildman–Crippen LogP) is 3.90. The van der Waals surface area contributed by atoms with E-state index in [1.807, 2.05) is 42.5 Å². The average molecular weight is 456 g/mol. The topological polar surface area (TPSA) is 101 Å². The van der Waals surface area contributed by atoms with Crippen LogP contribution in [0.1, 0.15) is 62.4 Å². The molecule has 1 aliphatic heterocycles. The lowest BCUT2D eigenvalue weighted by Crippen LogP contribution is -2.44. The second-order valence-electron chi connectivity index (χ2n) is 8.88. The number of hydrogen-bond acceptors (Lipinski definition) is 5. The summed E-state index contributed by atoms with van der Waals surface area (Å²) in [5.74, 6) is 0.619. The maximum atomic E-state index is 13.1. The number of hydrogen-bond donors (Lipinski definition) is 2. The van der Waals surface area contributed by atoms with E-state index in [9.17, 15) is 13.2 Å². The molecule has 1 amide bonds. The Kier molecular flexibility index (Phi) is 6.09. The van der Waals surface area contributed by atoms with Gasteiger partial charge >= 0.3 is 0 Å². The number of aromatic nitrogens is 2. The highest BCUT2D eigenvalue weighted by Crippen LogP contribution is 2.43. The highest BCUT2D eigenvalue weighted by molar-refractivity contribution is 7.92. The van der Waals surface area contributed by atoms with Crippen LogP contribution in [0.3, 0.4) is 0 Å². The number of rotatable bonds is 6. The fraction of sp³-hybridized carbons (Fsp3) is 0.417. The minimum atomic E-state index is -3.54. The highest BCUT2D eigenvalue weighted by Gasteiger charge is 2.48. The lowest BCUT2D eigenvalue weighted by Gasteiger charge is -2.36. The first-order chi connectivity index (χ1) is 15.3. The molecular weight excluding hydrogens is 426 g/mol. The molecule has 0 aliphatic carbocycles. The van der Waals surface area contributed by atoms with E-state index in [0.717, 1.165) is 28.8 Å². The SMILES string of the molecule is CC(C)c1nc2ccccc2n1Cc1ccc(C2(CC(=O)NO)CCCCS2(=O)=O)cc1. The predicted molar refractivity (Wildman–Crippen MR) is 123 cm³/mol. The summed E-state index contributed by atoms with van der Waals surface area (Å²) in [6, 6.07) is 15.5. The van der Waals surface area contributed by atoms with Crippen molar-refractivity contribution in [3.05, 3.63) is 65.5 Å². The van der Waals surface area contributed by atoms with E-state index in [2.05, 4.69) is 24.5 Å². The molecule has 1 unspecified atom stereocenters. The number of sulfone groups is 1. The van der Waals surface area contributed by atoms with E-state index >= 15 is 0 Å². The Morgan fingerprint density at radius 1 is 1.16 bits per heavy atom. The third-order valence-electron chi connectivity index (χ3n) is 6.43. The molecule has 1 fully saturated rings. The monoisotopic (exact) mass is 455 g/mol. The van der Waals surface area contributed by atoms with Crippen molar-refractivity contribution < 1.29 is 18.4 Å². The van der Waals surface area contributed by atoms with Gasteiger partial charge in [0.15, 0.2) is 9.84 Å². The number of fused-ring (bicyclic) bond motifs is 1. The number of carbonyl (C=O) groups excluding carboxylic acids is 1. The van der Waals surface area contributed by atoms with Gasteiger partial charge in [-0.3, -0.25) is 10.0 Å². The molecule has 1 aromatic heterocycles. The summed E-state index contributed by atoms with van der Waals surface area (Å²) >= 11 is 0. The van der Waals surface area contributed by atoms with Crippen molar-refractivity contribution >= 4 is 26.8 Å². The lowest BCUT2D eigenvalue weighted by molar-refractivity contribution is -0.130. The maximum Gasteiger partial charge on any atom is 0.245 e. The summed E-state index contributed by atoms with van der Waals surface area (Å²) < 4.78 is 27.1. The Morgan fingerprint density at radius 3 is 2.53 bits per heavy atom. The Hall–Kier alpha value is -2.71. The van der Waals surface area contributed by atoms with Crippen LogP contribution < -0.4 is 5.48 Å². The van der Waals surface area contributed by atoms with Gasteiger partial charge in [0.2, 0.25) is 5.91 Å².